The standard InChI is InChI=1S/C25H34FNO5Si/c1-18-16-21(12-13-22(18)26)31-24(29)27(17-23(28)30-5)15-14-19-8-10-20(11-9-19)32-33(6,7)25(2,3)4/h8-13,16H,14-15,17H2,1-7H3. The number of carbonyl (C=O) groups is 2. The van der Waals surface area contributed by atoms with Gasteiger partial charge in [-0.3, -0.25) is 9.69 Å². The molecule has 0 fully saturated rings. The number of amides is 1. The van der Waals surface area contributed by atoms with Gasteiger partial charge >= 0.3 is 12.1 Å². The Morgan fingerprint density at radius 1 is 1.03 bits per heavy atom. The molecule has 0 radical (unpaired) electrons. The van der Waals surface area contributed by atoms with Gasteiger partial charge in [-0.1, -0.05) is 32.9 Å². The van der Waals surface area contributed by atoms with Crippen molar-refractivity contribution in [3.05, 3.63) is 59.4 Å². The van der Waals surface area contributed by atoms with Crippen LogP contribution < -0.4 is 9.16 Å². The average Bonchev–Trinajstić information content (AvgIpc) is 2.73. The quantitative estimate of drug-likeness (QED) is 0.360. The molecule has 1 amide bonds. The number of benzene rings is 2. The summed E-state index contributed by atoms with van der Waals surface area (Å²) < 4.78 is 29.8. The molecule has 180 valence electrons. The SMILES string of the molecule is COC(=O)CN(CCc1ccc(O[Si](C)(C)C(C)(C)C)cc1)C(=O)Oc1ccc(F)c(C)c1. The lowest BCUT2D eigenvalue weighted by atomic mass is 10.1. The Morgan fingerprint density at radius 2 is 1.64 bits per heavy atom. The second kappa shape index (κ2) is 10.8. The van der Waals surface area contributed by atoms with Crippen molar-refractivity contribution in [1.29, 1.82) is 0 Å². The van der Waals surface area contributed by atoms with Crippen LogP contribution in [0, 0.1) is 12.7 Å². The number of aryl methyl sites for hydroxylation is 1. The van der Waals surface area contributed by atoms with Gasteiger partial charge in [0, 0.05) is 6.54 Å². The number of rotatable bonds is 8. The average molecular weight is 476 g/mol. The van der Waals surface area contributed by atoms with Crippen LogP contribution in [0.2, 0.25) is 18.1 Å². The van der Waals surface area contributed by atoms with Crippen LogP contribution >= 0.6 is 0 Å². The van der Waals surface area contributed by atoms with E-state index in [9.17, 15) is 14.0 Å². The fourth-order valence-corrected chi connectivity index (χ4v) is 3.77. The topological polar surface area (TPSA) is 65.1 Å². The minimum atomic E-state index is -1.93. The molecule has 0 bridgehead atoms. The zero-order valence-electron chi connectivity index (χ0n) is 20.5. The number of hydrogen-bond donors (Lipinski definition) is 0. The van der Waals surface area contributed by atoms with E-state index in [-0.39, 0.29) is 29.7 Å². The number of esters is 1. The molecule has 0 spiro atoms. The van der Waals surface area contributed by atoms with E-state index in [1.54, 1.807) is 6.92 Å². The van der Waals surface area contributed by atoms with Gasteiger partial charge in [0.25, 0.3) is 0 Å². The summed E-state index contributed by atoms with van der Waals surface area (Å²) in [5.41, 5.74) is 1.35. The molecule has 8 heteroatoms. The molecule has 0 atom stereocenters. The third-order valence-corrected chi connectivity index (χ3v) is 10.3. The maximum atomic E-state index is 13.5. The van der Waals surface area contributed by atoms with Gasteiger partial charge in [0.15, 0.2) is 0 Å². The van der Waals surface area contributed by atoms with E-state index in [1.807, 2.05) is 24.3 Å². The summed E-state index contributed by atoms with van der Waals surface area (Å²) in [6, 6.07) is 11.8. The smallest absolute Gasteiger partial charge is 0.415 e. The summed E-state index contributed by atoms with van der Waals surface area (Å²) in [5.74, 6) is 0.0892. The molecular weight excluding hydrogens is 441 g/mol. The van der Waals surface area contributed by atoms with Crippen molar-refractivity contribution in [2.24, 2.45) is 0 Å². The zero-order valence-corrected chi connectivity index (χ0v) is 21.5. The number of nitrogens with zero attached hydrogens (tertiary/aromatic N) is 1. The lowest BCUT2D eigenvalue weighted by Gasteiger charge is -2.36. The highest BCUT2D eigenvalue weighted by Crippen LogP contribution is 2.37. The van der Waals surface area contributed by atoms with Crippen LogP contribution in [0.4, 0.5) is 9.18 Å². The van der Waals surface area contributed by atoms with Gasteiger partial charge in [-0.05, 0) is 72.9 Å². The fourth-order valence-electron chi connectivity index (χ4n) is 2.74. The van der Waals surface area contributed by atoms with E-state index in [2.05, 4.69) is 33.9 Å². The van der Waals surface area contributed by atoms with Crippen LogP contribution in [0.25, 0.3) is 0 Å². The maximum Gasteiger partial charge on any atom is 0.415 e. The molecule has 0 aromatic heterocycles. The first kappa shape index (κ1) is 26.4. The van der Waals surface area contributed by atoms with E-state index < -0.39 is 20.4 Å². The Balaban J connectivity index is 2.05. The molecule has 0 saturated carbocycles. The molecule has 2 aromatic rings. The fraction of sp³-hybridized carbons (Fsp3) is 0.440. The van der Waals surface area contributed by atoms with Crippen molar-refractivity contribution in [3.8, 4) is 11.5 Å². The van der Waals surface area contributed by atoms with Crippen molar-refractivity contribution < 1.29 is 27.9 Å². The molecule has 0 aliphatic rings. The molecule has 2 rings (SSSR count). The largest absolute Gasteiger partial charge is 0.544 e. The molecule has 0 unspecified atom stereocenters. The monoisotopic (exact) mass is 475 g/mol. The van der Waals surface area contributed by atoms with Crippen molar-refractivity contribution in [2.75, 3.05) is 20.2 Å². The summed E-state index contributed by atoms with van der Waals surface area (Å²) in [6.07, 6.45) is -0.196. The van der Waals surface area contributed by atoms with Crippen LogP contribution in [-0.4, -0.2) is 45.5 Å². The van der Waals surface area contributed by atoms with Gasteiger partial charge in [0.1, 0.15) is 23.9 Å². The lowest BCUT2D eigenvalue weighted by molar-refractivity contribution is -0.141. The molecule has 33 heavy (non-hydrogen) atoms. The Kier molecular flexibility index (Phi) is 8.66. The Morgan fingerprint density at radius 3 is 2.18 bits per heavy atom. The summed E-state index contributed by atoms with van der Waals surface area (Å²) in [4.78, 5) is 25.8. The third-order valence-electron chi connectivity index (χ3n) is 5.91. The number of hydrogen-bond acceptors (Lipinski definition) is 5. The second-order valence-electron chi connectivity index (χ2n) is 9.53. The van der Waals surface area contributed by atoms with E-state index in [0.717, 1.165) is 11.3 Å². The van der Waals surface area contributed by atoms with Gasteiger partial charge < -0.3 is 13.9 Å². The molecular formula is C25H34FNO5Si. The van der Waals surface area contributed by atoms with Crippen LogP contribution in [-0.2, 0) is 16.0 Å². The number of ether oxygens (including phenoxy) is 2. The summed E-state index contributed by atoms with van der Waals surface area (Å²) >= 11 is 0. The molecule has 2 aromatic carbocycles. The third kappa shape index (κ3) is 7.59. The van der Waals surface area contributed by atoms with Crippen LogP contribution in [0.15, 0.2) is 42.5 Å². The van der Waals surface area contributed by atoms with Gasteiger partial charge in [-0.25, -0.2) is 9.18 Å². The van der Waals surface area contributed by atoms with E-state index in [0.29, 0.717) is 12.0 Å². The first-order valence-corrected chi connectivity index (χ1v) is 13.8. The van der Waals surface area contributed by atoms with E-state index >= 15 is 0 Å². The summed E-state index contributed by atoms with van der Waals surface area (Å²) in [7, 11) is -0.666. The Labute approximate surface area is 196 Å². The molecule has 0 saturated heterocycles. The summed E-state index contributed by atoms with van der Waals surface area (Å²) in [5, 5.41) is 0.101. The highest BCUT2D eigenvalue weighted by Gasteiger charge is 2.38. The molecule has 0 aliphatic carbocycles. The molecule has 0 heterocycles. The van der Waals surface area contributed by atoms with Gasteiger partial charge in [0.05, 0.1) is 7.11 Å². The Bertz CT molecular complexity index is 970. The van der Waals surface area contributed by atoms with E-state index in [1.165, 1.54) is 30.2 Å². The van der Waals surface area contributed by atoms with Gasteiger partial charge in [-0.2, -0.15) is 0 Å². The predicted molar refractivity (Wildman–Crippen MR) is 129 cm³/mol. The van der Waals surface area contributed by atoms with Crippen LogP contribution in [0.3, 0.4) is 0 Å². The lowest BCUT2D eigenvalue weighted by Crippen LogP contribution is -2.43. The van der Waals surface area contributed by atoms with Crippen molar-refractivity contribution in [2.45, 2.75) is 52.2 Å². The maximum absolute atomic E-state index is 13.5. The first-order chi connectivity index (χ1) is 15.3. The highest BCUT2D eigenvalue weighted by molar-refractivity contribution is 6.74. The summed E-state index contributed by atoms with van der Waals surface area (Å²) in [6.45, 7) is 12.5. The van der Waals surface area contributed by atoms with Crippen molar-refractivity contribution in [1.82, 2.24) is 4.90 Å². The first-order valence-electron chi connectivity index (χ1n) is 10.9. The minimum Gasteiger partial charge on any atom is -0.544 e. The molecule has 6 nitrogen and oxygen atoms in total. The van der Waals surface area contributed by atoms with E-state index in [4.69, 9.17) is 13.9 Å². The van der Waals surface area contributed by atoms with Gasteiger partial charge in [-0.15, -0.1) is 0 Å². The molecule has 0 aliphatic heterocycles. The minimum absolute atomic E-state index is 0.101. The van der Waals surface area contributed by atoms with Gasteiger partial charge in [0.2, 0.25) is 8.32 Å². The van der Waals surface area contributed by atoms with Crippen molar-refractivity contribution in [3.63, 3.8) is 0 Å². The molecule has 0 N–H and O–H groups in total. The normalized spacial score (nSPS) is 11.6. The number of halogens is 1. The Hall–Kier alpha value is -2.87. The zero-order chi connectivity index (χ0) is 24.8. The van der Waals surface area contributed by atoms with Crippen molar-refractivity contribution >= 4 is 20.4 Å². The predicted octanol–water partition coefficient (Wildman–Crippen LogP) is 5.73. The van der Waals surface area contributed by atoms with Crippen LogP contribution in [0.5, 0.6) is 11.5 Å². The highest BCUT2D eigenvalue weighted by atomic mass is 28.4. The second-order valence-corrected chi connectivity index (χ2v) is 14.3. The van der Waals surface area contributed by atoms with Crippen LogP contribution in [0.1, 0.15) is 31.9 Å². The number of carbonyl (C=O) groups excluding carboxylic acids is 2. The number of methoxy groups -OCH3 is 1.